The van der Waals surface area contributed by atoms with Crippen LogP contribution in [0, 0.1) is 0 Å². The molecule has 0 aromatic carbocycles. The molecule has 0 saturated heterocycles. The molecule has 0 aliphatic carbocycles. The van der Waals surface area contributed by atoms with Crippen molar-refractivity contribution < 1.29 is 43.0 Å². The Bertz CT molecular complexity index is 1010. The normalized spacial score (nSPS) is 14.1. The third kappa shape index (κ3) is 34.6. The molecule has 0 rings (SSSR count). The van der Waals surface area contributed by atoms with Crippen molar-refractivity contribution in [1.82, 2.24) is 0 Å². The van der Waals surface area contributed by atoms with Crippen LogP contribution in [0.5, 0.6) is 0 Å². The first-order valence-electron chi connectivity index (χ1n) is 17.3. The van der Waals surface area contributed by atoms with Gasteiger partial charge in [0, 0.05) is 12.8 Å². The Hall–Kier alpha value is -2.55. The number of ether oxygens (including phenoxy) is 2. The summed E-state index contributed by atoms with van der Waals surface area (Å²) in [5.41, 5.74) is 0. The van der Waals surface area contributed by atoms with Crippen molar-refractivity contribution in [3.63, 3.8) is 0 Å². The number of hydrogen-bond donors (Lipinski definition) is 3. The monoisotopic (exact) mass is 680 g/mol. The van der Waals surface area contributed by atoms with Crippen molar-refractivity contribution in [2.45, 2.75) is 135 Å². The van der Waals surface area contributed by atoms with Crippen LogP contribution < -0.4 is 0 Å². The third-order valence-corrected chi connectivity index (χ3v) is 7.32. The quantitative estimate of drug-likeness (QED) is 0.0223. The number of allylic oxidation sites excluding steroid dienone is 10. The second kappa shape index (κ2) is 32.0. The maximum Gasteiger partial charge on any atom is 0.469 e. The predicted octanol–water partition coefficient (Wildman–Crippen LogP) is 8.92. The van der Waals surface area contributed by atoms with E-state index in [1.165, 1.54) is 32.1 Å². The molecule has 9 nitrogen and oxygen atoms in total. The molecule has 0 fully saturated rings. The van der Waals surface area contributed by atoms with E-state index in [4.69, 9.17) is 19.3 Å². The largest absolute Gasteiger partial charge is 0.469 e. The molecule has 0 aromatic heterocycles. The van der Waals surface area contributed by atoms with E-state index in [0.717, 1.165) is 44.9 Å². The highest BCUT2D eigenvalue weighted by Gasteiger charge is 2.22. The van der Waals surface area contributed by atoms with Crippen molar-refractivity contribution in [2.75, 3.05) is 13.2 Å². The average Bonchev–Trinajstić information content (AvgIpc) is 3.03. The van der Waals surface area contributed by atoms with Gasteiger partial charge in [-0.05, 0) is 44.9 Å². The molecule has 3 N–H and O–H groups in total. The molecule has 268 valence electrons. The Labute approximate surface area is 283 Å². The van der Waals surface area contributed by atoms with Gasteiger partial charge < -0.3 is 24.4 Å². The molecule has 47 heavy (non-hydrogen) atoms. The molecule has 0 saturated carbocycles. The standard InChI is InChI=1S/C37H61O9P/c1-3-5-7-8-9-15-19-22-26-30-36(39)44-32-35(33-45-47(41,42)43)46-37(40)31-27-23-20-17-14-12-10-11-13-16-18-21-25-29-34(38)28-24-6-4-2/h6,11-14,18,20-21,23-25,29,34-35,38H,3-5,7-10,15-17,19,22,26-28,30-33H2,1-2H3,(H2,41,42,43)/b13-11-,14-12-,21-18+,23-20-,24-6-,29-25+/t34?,35-/m1/s1. The van der Waals surface area contributed by atoms with Gasteiger partial charge in [-0.1, -0.05) is 138 Å². The van der Waals surface area contributed by atoms with Gasteiger partial charge in [-0.2, -0.15) is 0 Å². The first-order valence-corrected chi connectivity index (χ1v) is 18.9. The molecule has 0 spiro atoms. The molecular weight excluding hydrogens is 619 g/mol. The summed E-state index contributed by atoms with van der Waals surface area (Å²) in [6, 6.07) is 0. The highest BCUT2D eigenvalue weighted by Crippen LogP contribution is 2.35. The number of carbonyl (C=O) groups is 2. The summed E-state index contributed by atoms with van der Waals surface area (Å²) in [5.74, 6) is -1.01. The lowest BCUT2D eigenvalue weighted by molar-refractivity contribution is -0.161. The summed E-state index contributed by atoms with van der Waals surface area (Å²) in [5, 5.41) is 9.79. The molecule has 0 radical (unpaired) electrons. The second-order valence-electron chi connectivity index (χ2n) is 11.3. The number of hydrogen-bond acceptors (Lipinski definition) is 7. The number of carbonyl (C=O) groups excluding carboxylic acids is 2. The van der Waals surface area contributed by atoms with E-state index < -0.39 is 38.6 Å². The van der Waals surface area contributed by atoms with E-state index in [1.807, 2.05) is 48.6 Å². The lowest BCUT2D eigenvalue weighted by Gasteiger charge is -2.18. The van der Waals surface area contributed by atoms with Crippen LogP contribution in [0.3, 0.4) is 0 Å². The van der Waals surface area contributed by atoms with Crippen LogP contribution in [-0.4, -0.2) is 52.3 Å². The number of aliphatic hydroxyl groups is 1. The van der Waals surface area contributed by atoms with Crippen molar-refractivity contribution in [3.05, 3.63) is 72.9 Å². The van der Waals surface area contributed by atoms with Crippen LogP contribution >= 0.6 is 7.82 Å². The fraction of sp³-hybridized carbons (Fsp3) is 0.622. The minimum Gasteiger partial charge on any atom is -0.462 e. The van der Waals surface area contributed by atoms with E-state index in [0.29, 0.717) is 19.3 Å². The lowest BCUT2D eigenvalue weighted by Crippen LogP contribution is -2.29. The second-order valence-corrected chi connectivity index (χ2v) is 12.6. The Morgan fingerprint density at radius 3 is 1.89 bits per heavy atom. The zero-order valence-corrected chi connectivity index (χ0v) is 29.7. The third-order valence-electron chi connectivity index (χ3n) is 6.83. The number of rotatable bonds is 30. The molecular formula is C37H61O9P. The van der Waals surface area contributed by atoms with Crippen molar-refractivity contribution >= 4 is 19.8 Å². The summed E-state index contributed by atoms with van der Waals surface area (Å²) in [7, 11) is -4.78. The summed E-state index contributed by atoms with van der Waals surface area (Å²) >= 11 is 0. The molecule has 0 heterocycles. The number of esters is 2. The predicted molar refractivity (Wildman–Crippen MR) is 190 cm³/mol. The molecule has 0 aliphatic heterocycles. The number of aliphatic hydroxyl groups excluding tert-OH is 1. The maximum absolute atomic E-state index is 12.3. The molecule has 1 unspecified atom stereocenters. The van der Waals surface area contributed by atoms with Crippen LogP contribution in [0.4, 0.5) is 0 Å². The molecule has 0 amide bonds. The fourth-order valence-corrected chi connectivity index (χ4v) is 4.61. The Morgan fingerprint density at radius 1 is 0.681 bits per heavy atom. The Kier molecular flexibility index (Phi) is 30.3. The van der Waals surface area contributed by atoms with Crippen LogP contribution in [0.2, 0.25) is 0 Å². The summed E-state index contributed by atoms with van der Waals surface area (Å²) < 4.78 is 26.1. The molecule has 0 aliphatic rings. The first kappa shape index (κ1) is 44.5. The van der Waals surface area contributed by atoms with Gasteiger partial charge in [-0.25, -0.2) is 4.57 Å². The van der Waals surface area contributed by atoms with Gasteiger partial charge in [0.05, 0.1) is 12.7 Å². The zero-order valence-electron chi connectivity index (χ0n) is 28.8. The van der Waals surface area contributed by atoms with Gasteiger partial charge in [-0.3, -0.25) is 14.1 Å². The average molecular weight is 681 g/mol. The van der Waals surface area contributed by atoms with Crippen LogP contribution in [0.1, 0.15) is 123 Å². The smallest absolute Gasteiger partial charge is 0.462 e. The first-order chi connectivity index (χ1) is 22.7. The molecule has 0 aromatic rings. The van der Waals surface area contributed by atoms with Crippen molar-refractivity contribution in [1.29, 1.82) is 0 Å². The number of unbranched alkanes of at least 4 members (excludes halogenated alkanes) is 8. The van der Waals surface area contributed by atoms with Gasteiger partial charge in [0.15, 0.2) is 6.10 Å². The highest BCUT2D eigenvalue weighted by molar-refractivity contribution is 7.46. The van der Waals surface area contributed by atoms with Gasteiger partial charge in [0.25, 0.3) is 0 Å². The van der Waals surface area contributed by atoms with E-state index in [-0.39, 0.29) is 19.4 Å². The van der Waals surface area contributed by atoms with Gasteiger partial charge >= 0.3 is 19.8 Å². The van der Waals surface area contributed by atoms with Gasteiger partial charge in [0.1, 0.15) is 6.61 Å². The van der Waals surface area contributed by atoms with Crippen molar-refractivity contribution in [2.24, 2.45) is 0 Å². The SMILES string of the molecule is CC/C=C\CC(O)/C=C/C=C/C/C=C\C/C=C\C/C=C\CCC(=O)O[C@H](COC(=O)CCCCCCCCCCC)COP(=O)(O)O. The highest BCUT2D eigenvalue weighted by atomic mass is 31.2. The van der Waals surface area contributed by atoms with Crippen LogP contribution in [0.25, 0.3) is 0 Å². The van der Waals surface area contributed by atoms with E-state index in [9.17, 15) is 19.3 Å². The fourth-order valence-electron chi connectivity index (χ4n) is 4.25. The zero-order chi connectivity index (χ0) is 34.9. The molecule has 2 atom stereocenters. The van der Waals surface area contributed by atoms with Gasteiger partial charge in [-0.15, -0.1) is 0 Å². The van der Waals surface area contributed by atoms with E-state index >= 15 is 0 Å². The summed E-state index contributed by atoms with van der Waals surface area (Å²) in [6.45, 7) is 3.35. The summed E-state index contributed by atoms with van der Waals surface area (Å²) in [6.07, 6.45) is 36.9. The van der Waals surface area contributed by atoms with Gasteiger partial charge in [0.2, 0.25) is 0 Å². The van der Waals surface area contributed by atoms with Crippen molar-refractivity contribution in [3.8, 4) is 0 Å². The lowest BCUT2D eigenvalue weighted by atomic mass is 10.1. The Morgan fingerprint density at radius 2 is 1.28 bits per heavy atom. The van der Waals surface area contributed by atoms with Crippen LogP contribution in [-0.2, 0) is 28.2 Å². The Balaban J connectivity index is 4.21. The minimum absolute atomic E-state index is 0.0688. The van der Waals surface area contributed by atoms with Crippen LogP contribution in [0.15, 0.2) is 72.9 Å². The minimum atomic E-state index is -4.78. The summed E-state index contributed by atoms with van der Waals surface area (Å²) in [4.78, 5) is 42.4. The molecule has 10 heteroatoms. The number of phosphoric ester groups is 1. The number of phosphoric acid groups is 1. The maximum atomic E-state index is 12.3. The molecule has 0 bridgehead atoms. The van der Waals surface area contributed by atoms with E-state index in [1.54, 1.807) is 6.08 Å². The topological polar surface area (TPSA) is 140 Å². The van der Waals surface area contributed by atoms with E-state index in [2.05, 4.69) is 36.6 Å².